The number of nitrogens with one attached hydrogen (secondary N) is 1. The second-order valence-electron chi connectivity index (χ2n) is 3.84. The highest BCUT2D eigenvalue weighted by atomic mass is 79.9. The first-order chi connectivity index (χ1) is 9.24. The van der Waals surface area contributed by atoms with Crippen LogP contribution in [0, 0.1) is 0 Å². The van der Waals surface area contributed by atoms with Crippen molar-refractivity contribution in [2.24, 2.45) is 0 Å². The molecule has 0 fully saturated rings. The summed E-state index contributed by atoms with van der Waals surface area (Å²) in [6.45, 7) is 0. The summed E-state index contributed by atoms with van der Waals surface area (Å²) in [5.41, 5.74) is 2.30. The van der Waals surface area contributed by atoms with Crippen LogP contribution in [-0.4, -0.2) is 15.9 Å². The molecule has 0 saturated carbocycles. The minimum Gasteiger partial charge on any atom is -0.460 e. The molecule has 3 aromatic heterocycles. The van der Waals surface area contributed by atoms with E-state index in [1.54, 1.807) is 30.6 Å². The minimum atomic E-state index is -0.252. The van der Waals surface area contributed by atoms with Gasteiger partial charge in [0.15, 0.2) is 5.58 Å². The number of furan rings is 1. The lowest BCUT2D eigenvalue weighted by molar-refractivity contribution is 0.102. The molecule has 0 unspecified atom stereocenters. The van der Waals surface area contributed by atoms with Gasteiger partial charge in [0.05, 0.1) is 17.5 Å². The zero-order chi connectivity index (χ0) is 13.2. The first-order valence-electron chi connectivity index (χ1n) is 5.48. The summed E-state index contributed by atoms with van der Waals surface area (Å²) in [7, 11) is 0. The van der Waals surface area contributed by atoms with Crippen molar-refractivity contribution in [3.63, 3.8) is 0 Å². The maximum absolute atomic E-state index is 12.1. The molecule has 5 nitrogen and oxygen atoms in total. The van der Waals surface area contributed by atoms with E-state index in [0.717, 1.165) is 4.47 Å². The van der Waals surface area contributed by atoms with Crippen LogP contribution in [0.25, 0.3) is 11.1 Å². The number of amides is 1. The summed E-state index contributed by atoms with van der Waals surface area (Å²) < 4.78 is 6.06. The Balaban J connectivity index is 1.93. The van der Waals surface area contributed by atoms with Gasteiger partial charge in [-0.15, -0.1) is 0 Å². The lowest BCUT2D eigenvalue weighted by Gasteiger charge is -2.05. The van der Waals surface area contributed by atoms with E-state index >= 15 is 0 Å². The number of rotatable bonds is 2. The Hall–Kier alpha value is -2.21. The quantitative estimate of drug-likeness (QED) is 0.787. The van der Waals surface area contributed by atoms with Crippen molar-refractivity contribution in [1.82, 2.24) is 9.97 Å². The van der Waals surface area contributed by atoms with Crippen molar-refractivity contribution in [2.45, 2.75) is 0 Å². The van der Waals surface area contributed by atoms with Gasteiger partial charge in [-0.1, -0.05) is 0 Å². The van der Waals surface area contributed by atoms with Crippen LogP contribution in [0.2, 0.25) is 0 Å². The molecule has 0 saturated heterocycles. The minimum absolute atomic E-state index is 0.252. The van der Waals surface area contributed by atoms with E-state index < -0.39 is 0 Å². The van der Waals surface area contributed by atoms with E-state index in [9.17, 15) is 4.79 Å². The summed E-state index contributed by atoms with van der Waals surface area (Å²) in [4.78, 5) is 20.2. The second-order valence-corrected chi connectivity index (χ2v) is 4.76. The van der Waals surface area contributed by atoms with Gasteiger partial charge in [-0.05, 0) is 28.1 Å². The Labute approximate surface area is 116 Å². The molecule has 0 bridgehead atoms. The predicted molar refractivity (Wildman–Crippen MR) is 73.9 cm³/mol. The number of hydrogen-bond donors (Lipinski definition) is 1. The van der Waals surface area contributed by atoms with Gasteiger partial charge in [0.25, 0.3) is 5.91 Å². The topological polar surface area (TPSA) is 68.0 Å². The van der Waals surface area contributed by atoms with Crippen molar-refractivity contribution in [3.05, 3.63) is 53.1 Å². The maximum Gasteiger partial charge on any atom is 0.257 e. The van der Waals surface area contributed by atoms with E-state index in [1.807, 2.05) is 0 Å². The highest BCUT2D eigenvalue weighted by molar-refractivity contribution is 9.10. The monoisotopic (exact) mass is 317 g/mol. The number of anilines is 1. The zero-order valence-corrected chi connectivity index (χ0v) is 11.2. The maximum atomic E-state index is 12.1. The van der Waals surface area contributed by atoms with Crippen molar-refractivity contribution in [1.29, 1.82) is 0 Å². The molecule has 0 aromatic carbocycles. The van der Waals surface area contributed by atoms with Crippen LogP contribution in [0.3, 0.4) is 0 Å². The lowest BCUT2D eigenvalue weighted by Crippen LogP contribution is -2.12. The van der Waals surface area contributed by atoms with Crippen molar-refractivity contribution in [2.75, 3.05) is 5.32 Å². The molecule has 19 heavy (non-hydrogen) atoms. The molecule has 0 radical (unpaired) electrons. The van der Waals surface area contributed by atoms with Gasteiger partial charge in [-0.25, -0.2) is 0 Å². The van der Waals surface area contributed by atoms with Crippen LogP contribution in [0.5, 0.6) is 0 Å². The SMILES string of the molecule is O=C(Nc1ccnc2ccoc12)c1cncc(Br)c1. The van der Waals surface area contributed by atoms with Gasteiger partial charge in [-0.2, -0.15) is 0 Å². The van der Waals surface area contributed by atoms with Crippen LogP contribution in [0.1, 0.15) is 10.4 Å². The summed E-state index contributed by atoms with van der Waals surface area (Å²) in [6, 6.07) is 5.13. The van der Waals surface area contributed by atoms with Crippen LogP contribution in [-0.2, 0) is 0 Å². The first-order valence-corrected chi connectivity index (χ1v) is 6.27. The molecule has 1 N–H and O–H groups in total. The fraction of sp³-hybridized carbons (Fsp3) is 0. The number of nitrogens with zero attached hydrogens (tertiary/aromatic N) is 2. The fourth-order valence-electron chi connectivity index (χ4n) is 1.70. The number of aromatic nitrogens is 2. The molecule has 0 aliphatic rings. The van der Waals surface area contributed by atoms with E-state index in [1.165, 1.54) is 12.5 Å². The van der Waals surface area contributed by atoms with E-state index in [4.69, 9.17) is 4.42 Å². The summed E-state index contributed by atoms with van der Waals surface area (Å²) in [6.07, 6.45) is 6.27. The smallest absolute Gasteiger partial charge is 0.257 e. The van der Waals surface area contributed by atoms with Crippen LogP contribution >= 0.6 is 15.9 Å². The second kappa shape index (κ2) is 4.81. The van der Waals surface area contributed by atoms with Gasteiger partial charge in [0.2, 0.25) is 0 Å². The normalized spacial score (nSPS) is 10.6. The van der Waals surface area contributed by atoms with E-state index in [2.05, 4.69) is 31.2 Å². The predicted octanol–water partition coefficient (Wildman–Crippen LogP) is 3.24. The molecule has 0 aliphatic heterocycles. The van der Waals surface area contributed by atoms with Crippen molar-refractivity contribution >= 4 is 38.6 Å². The molecule has 0 spiro atoms. The van der Waals surface area contributed by atoms with Crippen molar-refractivity contribution < 1.29 is 9.21 Å². The Morgan fingerprint density at radius 3 is 3.05 bits per heavy atom. The number of pyridine rings is 2. The van der Waals surface area contributed by atoms with Crippen LogP contribution < -0.4 is 5.32 Å². The molecule has 3 rings (SSSR count). The standard InChI is InChI=1S/C13H8BrN3O2/c14-9-5-8(6-15-7-9)13(18)17-11-1-3-16-10-2-4-19-12(10)11/h1-7H,(H,16,17,18). The first kappa shape index (κ1) is 11.9. The molecule has 3 heterocycles. The van der Waals surface area contributed by atoms with Gasteiger partial charge in [0.1, 0.15) is 5.52 Å². The molecule has 6 heteroatoms. The number of carbonyl (C=O) groups is 1. The lowest BCUT2D eigenvalue weighted by atomic mass is 10.2. The molecule has 1 amide bonds. The third kappa shape index (κ3) is 2.34. The number of fused-ring (bicyclic) bond motifs is 1. The molecular formula is C13H8BrN3O2. The Morgan fingerprint density at radius 2 is 2.21 bits per heavy atom. The Morgan fingerprint density at radius 1 is 1.32 bits per heavy atom. The van der Waals surface area contributed by atoms with Gasteiger partial charge in [-0.3, -0.25) is 14.8 Å². The largest absolute Gasteiger partial charge is 0.460 e. The van der Waals surface area contributed by atoms with Crippen molar-refractivity contribution in [3.8, 4) is 0 Å². The van der Waals surface area contributed by atoms with Gasteiger partial charge >= 0.3 is 0 Å². The highest BCUT2D eigenvalue weighted by Gasteiger charge is 2.11. The molecule has 0 aliphatic carbocycles. The average Bonchev–Trinajstić information content (AvgIpc) is 2.88. The number of hydrogen-bond acceptors (Lipinski definition) is 4. The third-order valence-corrected chi connectivity index (χ3v) is 2.99. The molecular weight excluding hydrogens is 310 g/mol. The highest BCUT2D eigenvalue weighted by Crippen LogP contribution is 2.22. The summed E-state index contributed by atoms with van der Waals surface area (Å²) >= 11 is 3.28. The van der Waals surface area contributed by atoms with E-state index in [0.29, 0.717) is 22.4 Å². The summed E-state index contributed by atoms with van der Waals surface area (Å²) in [5, 5.41) is 2.78. The third-order valence-electron chi connectivity index (χ3n) is 2.56. The molecule has 0 atom stereocenters. The van der Waals surface area contributed by atoms with Crippen LogP contribution in [0.4, 0.5) is 5.69 Å². The Kier molecular flexibility index (Phi) is 3.00. The number of halogens is 1. The van der Waals surface area contributed by atoms with E-state index in [-0.39, 0.29) is 5.91 Å². The summed E-state index contributed by atoms with van der Waals surface area (Å²) in [5.74, 6) is -0.252. The fourth-order valence-corrected chi connectivity index (χ4v) is 2.07. The zero-order valence-electron chi connectivity index (χ0n) is 9.63. The average molecular weight is 318 g/mol. The molecule has 94 valence electrons. The number of carbonyl (C=O) groups excluding carboxylic acids is 1. The Bertz CT molecular complexity index is 754. The van der Waals surface area contributed by atoms with Crippen LogP contribution in [0.15, 0.2) is 51.9 Å². The van der Waals surface area contributed by atoms with Gasteiger partial charge in [0, 0.05) is 29.1 Å². The molecule has 3 aromatic rings. The van der Waals surface area contributed by atoms with Gasteiger partial charge < -0.3 is 9.73 Å².